The third kappa shape index (κ3) is 15.4. The number of carbonyl (C=O) groups excluding carboxylic acids is 4. The molecule has 24 heteroatoms. The summed E-state index contributed by atoms with van der Waals surface area (Å²) in [5, 5.41) is 48.0. The summed E-state index contributed by atoms with van der Waals surface area (Å²) < 4.78 is 53.0. The monoisotopic (exact) mass is 1170 g/mol. The van der Waals surface area contributed by atoms with E-state index < -0.39 is 58.3 Å². The Bertz CT molecular complexity index is 3660. The molecule has 0 aromatic heterocycles. The molecule has 7 aromatic carbocycles. The maximum atomic E-state index is 13.7. The van der Waals surface area contributed by atoms with E-state index in [-0.39, 0.29) is 66.1 Å². The maximum Gasteiger partial charge on any atom is 0.416 e. The third-order valence-corrected chi connectivity index (χ3v) is 12.3. The molecule has 0 aliphatic heterocycles. The summed E-state index contributed by atoms with van der Waals surface area (Å²) in [6.45, 7) is 5.72. The Morgan fingerprint density at radius 1 is 0.494 bits per heavy atom. The average Bonchev–Trinajstić information content (AvgIpc) is 3.40. The van der Waals surface area contributed by atoms with Gasteiger partial charge in [-0.05, 0) is 166 Å². The number of rotatable bonds is 16. The molecule has 404 valence electrons. The van der Waals surface area contributed by atoms with Crippen LogP contribution in [-0.2, 0) is 15.8 Å². The number of aryl methyl sites for hydroxylation is 2. The number of nitrogens with zero attached hydrogens (tertiary/aromatic N) is 4. The molecule has 0 saturated carbocycles. The van der Waals surface area contributed by atoms with Crippen molar-refractivity contribution in [3.05, 3.63) is 209 Å². The zero-order chi connectivity index (χ0) is 57.3. The fraction of sp³-hybridized carbons (Fsp3) is 0.0909. The van der Waals surface area contributed by atoms with Gasteiger partial charge in [-0.1, -0.05) is 64.1 Å². The normalized spacial score (nSPS) is 12.2. The number of benzene rings is 7. The van der Waals surface area contributed by atoms with Gasteiger partial charge >= 0.3 is 6.18 Å². The van der Waals surface area contributed by atoms with Gasteiger partial charge in [0.15, 0.2) is 22.9 Å². The number of hydrogen-bond donors (Lipinski definition) is 6. The molecule has 16 nitrogen and oxygen atoms in total. The predicted molar refractivity (Wildman–Crippen MR) is 298 cm³/mol. The number of halogens is 8. The van der Waals surface area contributed by atoms with Gasteiger partial charge in [0.25, 0.3) is 23.6 Å². The zero-order valence-electron chi connectivity index (χ0n) is 41.4. The molecule has 0 unspecified atom stereocenters. The number of azo groups is 2. The van der Waals surface area contributed by atoms with Crippen LogP contribution < -0.4 is 30.7 Å². The third-order valence-electron chi connectivity index (χ3n) is 10.9. The Hall–Kier alpha value is -8.46. The first-order chi connectivity index (χ1) is 37.4. The molecule has 0 heterocycles. The summed E-state index contributed by atoms with van der Waals surface area (Å²) in [6, 6.07) is 30.9. The van der Waals surface area contributed by atoms with Crippen LogP contribution in [0.25, 0.3) is 0 Å². The van der Waals surface area contributed by atoms with Gasteiger partial charge in [-0.25, -0.2) is 0 Å². The predicted octanol–water partition coefficient (Wildman–Crippen LogP) is 17.7. The molecule has 0 aliphatic carbocycles. The second kappa shape index (κ2) is 25.3. The number of allylic oxidation sites excluding steroid dienone is 2. The smallest absolute Gasteiger partial charge is 0.416 e. The van der Waals surface area contributed by atoms with Crippen LogP contribution >= 0.6 is 58.0 Å². The second-order valence-corrected chi connectivity index (χ2v) is 19.0. The van der Waals surface area contributed by atoms with Gasteiger partial charge in [0.1, 0.15) is 34.4 Å². The molecule has 4 amide bonds. The van der Waals surface area contributed by atoms with Crippen molar-refractivity contribution in [2.75, 3.05) is 21.3 Å². The Morgan fingerprint density at radius 3 is 1.39 bits per heavy atom. The number of aliphatic hydroxyl groups excluding tert-OH is 2. The molecular weight excluding hydrogens is 1130 g/mol. The minimum Gasteiger partial charge on any atom is -0.510 e. The Morgan fingerprint density at radius 2 is 0.937 bits per heavy atom. The summed E-state index contributed by atoms with van der Waals surface area (Å²) >= 11 is 31.3. The van der Waals surface area contributed by atoms with E-state index >= 15 is 0 Å². The van der Waals surface area contributed by atoms with Crippen LogP contribution in [0.4, 0.5) is 47.3 Å². The molecule has 0 radical (unpaired) electrons. The fourth-order valence-corrected chi connectivity index (χ4v) is 7.65. The number of ether oxygens (including phenoxy) is 2. The SMILES string of the molecule is C/C(O)=C(\N=N\c1cc(C(=O)Nc2cc(C(F)(F)F)ccc2Oc2ccc(Cl)cc2)ccc1Cl)C(=O)Nc1cc(Cl)c(NC(=O)C(/N=N/c2cc(C(=O)Nc3cc(C)ccc3Oc3ccc(Cl)cc3)ccc2Cl)=C(/C)O)cc1C. The molecule has 0 fully saturated rings. The number of carbonyl (C=O) groups is 4. The summed E-state index contributed by atoms with van der Waals surface area (Å²) in [6.07, 6.45) is -4.76. The van der Waals surface area contributed by atoms with Gasteiger partial charge in [0, 0.05) is 26.9 Å². The van der Waals surface area contributed by atoms with Gasteiger partial charge in [0.2, 0.25) is 0 Å². The largest absolute Gasteiger partial charge is 0.510 e. The van der Waals surface area contributed by atoms with Crippen molar-refractivity contribution in [2.24, 2.45) is 20.5 Å². The topological polar surface area (TPSA) is 225 Å². The highest BCUT2D eigenvalue weighted by molar-refractivity contribution is 6.35. The number of anilines is 4. The lowest BCUT2D eigenvalue weighted by atomic mass is 10.1. The van der Waals surface area contributed by atoms with E-state index in [0.29, 0.717) is 38.9 Å². The average molecular weight is 1180 g/mol. The van der Waals surface area contributed by atoms with Crippen molar-refractivity contribution < 1.29 is 52.0 Å². The Kier molecular flexibility index (Phi) is 18.7. The standard InChI is InChI=1S/C55H40Cl5F3N8O8/c1-27-5-19-47(78-36-13-9-34(56)10-14-36)45(21-27)66-51(74)31-6-17-38(58)43(23-31)69-71-50(30(4)73)54(77)65-42-22-28(2)41(26-40(42)60)64-53(76)49(29(3)72)70-68-44-24-32(7-18-39(44)59)52(75)67-46-25-33(55(61,62)63)8-20-48(46)79-37-15-11-35(57)12-16-37/h5-26,72-73H,1-4H3,(H,64,76)(H,65,77)(H,66,74)(H,67,75)/b49-29+,50-30+,70-68+,71-69+. The first kappa shape index (κ1) is 58.2. The summed E-state index contributed by atoms with van der Waals surface area (Å²) in [5.74, 6) is -3.64. The summed E-state index contributed by atoms with van der Waals surface area (Å²) in [7, 11) is 0. The van der Waals surface area contributed by atoms with Crippen molar-refractivity contribution in [3.8, 4) is 23.0 Å². The quantitative estimate of drug-likeness (QED) is 0.0309. The van der Waals surface area contributed by atoms with Gasteiger partial charge in [-0.3, -0.25) is 19.2 Å². The highest BCUT2D eigenvalue weighted by Crippen LogP contribution is 2.39. The minimum absolute atomic E-state index is 0.00842. The number of hydrogen-bond acceptors (Lipinski definition) is 12. The molecule has 0 spiro atoms. The van der Waals surface area contributed by atoms with Crippen LogP contribution in [0.1, 0.15) is 51.3 Å². The van der Waals surface area contributed by atoms with Crippen LogP contribution in [0.2, 0.25) is 25.1 Å². The lowest BCUT2D eigenvalue weighted by Crippen LogP contribution is -2.17. The maximum absolute atomic E-state index is 13.7. The van der Waals surface area contributed by atoms with Crippen LogP contribution in [-0.4, -0.2) is 33.8 Å². The van der Waals surface area contributed by atoms with E-state index in [1.807, 2.05) is 13.0 Å². The van der Waals surface area contributed by atoms with Crippen LogP contribution in [0.15, 0.2) is 177 Å². The number of nitrogens with one attached hydrogen (secondary N) is 4. The molecule has 6 N–H and O–H groups in total. The number of amides is 4. The lowest BCUT2D eigenvalue weighted by molar-refractivity contribution is -0.137. The van der Waals surface area contributed by atoms with Gasteiger partial charge in [-0.2, -0.15) is 13.2 Å². The van der Waals surface area contributed by atoms with Gasteiger partial charge in [0.05, 0.1) is 37.7 Å². The molecular formula is C55H40Cl5F3N8O8. The molecule has 79 heavy (non-hydrogen) atoms. The number of aliphatic hydroxyl groups is 2. The summed E-state index contributed by atoms with van der Waals surface area (Å²) in [5.41, 5.74) is -1.19. The van der Waals surface area contributed by atoms with Crippen LogP contribution in [0.3, 0.4) is 0 Å². The lowest BCUT2D eigenvalue weighted by Gasteiger charge is -2.15. The zero-order valence-corrected chi connectivity index (χ0v) is 45.1. The van der Waals surface area contributed by atoms with E-state index in [0.717, 1.165) is 30.7 Å². The van der Waals surface area contributed by atoms with Crippen molar-refractivity contribution in [2.45, 2.75) is 33.9 Å². The molecule has 7 rings (SSSR count). The van der Waals surface area contributed by atoms with Crippen LogP contribution in [0, 0.1) is 13.8 Å². The summed E-state index contributed by atoms with van der Waals surface area (Å²) in [4.78, 5) is 54.2. The van der Waals surface area contributed by atoms with Crippen LogP contribution in [0.5, 0.6) is 23.0 Å². The van der Waals surface area contributed by atoms with Crippen molar-refractivity contribution in [3.63, 3.8) is 0 Å². The molecule has 7 aromatic rings. The van der Waals surface area contributed by atoms with E-state index in [1.165, 1.54) is 73.7 Å². The van der Waals surface area contributed by atoms with E-state index in [1.54, 1.807) is 43.3 Å². The molecule has 0 atom stereocenters. The Balaban J connectivity index is 1.02. The molecule has 0 bridgehead atoms. The van der Waals surface area contributed by atoms with Gasteiger partial charge in [-0.15, -0.1) is 20.5 Å². The van der Waals surface area contributed by atoms with E-state index in [4.69, 9.17) is 67.5 Å². The number of alkyl halides is 3. The minimum atomic E-state index is -4.76. The van der Waals surface area contributed by atoms with E-state index in [9.17, 15) is 42.6 Å². The van der Waals surface area contributed by atoms with Gasteiger partial charge < -0.3 is 41.0 Å². The highest BCUT2D eigenvalue weighted by atomic mass is 35.5. The first-order valence-corrected chi connectivity index (χ1v) is 24.8. The molecule has 0 saturated heterocycles. The molecule has 0 aliphatic rings. The van der Waals surface area contributed by atoms with Crippen molar-refractivity contribution in [1.82, 2.24) is 0 Å². The first-order valence-electron chi connectivity index (χ1n) is 22.9. The van der Waals surface area contributed by atoms with Crippen molar-refractivity contribution in [1.29, 1.82) is 0 Å². The fourth-order valence-electron chi connectivity index (χ4n) is 6.88. The van der Waals surface area contributed by atoms with Crippen molar-refractivity contribution >= 4 is 116 Å². The van der Waals surface area contributed by atoms with E-state index in [2.05, 4.69) is 41.7 Å². The Labute approximate surface area is 473 Å². The highest BCUT2D eigenvalue weighted by Gasteiger charge is 2.32. The second-order valence-electron chi connectivity index (χ2n) is 16.9.